The second-order valence-corrected chi connectivity index (χ2v) is 5.05. The van der Waals surface area contributed by atoms with Crippen molar-refractivity contribution in [3.8, 4) is 0 Å². The lowest BCUT2D eigenvalue weighted by Gasteiger charge is -2.45. The van der Waals surface area contributed by atoms with Crippen LogP contribution in [0.25, 0.3) is 0 Å². The van der Waals surface area contributed by atoms with Crippen LogP contribution in [0.1, 0.15) is 33.1 Å². The zero-order valence-electron chi connectivity index (χ0n) is 7.86. The van der Waals surface area contributed by atoms with Crippen LogP contribution in [0.2, 0.25) is 0 Å². The Balaban J connectivity index is 2.94. The molecular weight excluding hydrogens is 242 g/mol. The first-order valence-corrected chi connectivity index (χ1v) is 5.38. The van der Waals surface area contributed by atoms with Gasteiger partial charge in [0.25, 0.3) is 0 Å². The van der Waals surface area contributed by atoms with Crippen LogP contribution in [-0.4, -0.2) is 15.5 Å². The first-order valence-electron chi connectivity index (χ1n) is 4.59. The number of aliphatic hydroxyl groups is 1. The van der Waals surface area contributed by atoms with Gasteiger partial charge < -0.3 is 5.11 Å². The molecule has 1 fully saturated rings. The fourth-order valence-corrected chi connectivity index (χ4v) is 3.00. The molecule has 2 unspecified atom stereocenters. The standard InChI is InChI=1S/C9H15BrF2O/c1-6-4-3-5-7(2)8(6,13)9(10,11)12/h6-7,13H,3-5H2,1-2H3. The van der Waals surface area contributed by atoms with Crippen molar-refractivity contribution in [1.82, 2.24) is 0 Å². The molecule has 13 heavy (non-hydrogen) atoms. The summed E-state index contributed by atoms with van der Waals surface area (Å²) in [4.78, 5) is -3.18. The van der Waals surface area contributed by atoms with Crippen LogP contribution in [0.5, 0.6) is 0 Å². The summed E-state index contributed by atoms with van der Waals surface area (Å²) in [5, 5.41) is 9.95. The number of hydrogen-bond donors (Lipinski definition) is 1. The van der Waals surface area contributed by atoms with Gasteiger partial charge in [0.05, 0.1) is 0 Å². The van der Waals surface area contributed by atoms with E-state index in [1.807, 2.05) is 0 Å². The summed E-state index contributed by atoms with van der Waals surface area (Å²) >= 11 is 2.29. The number of halogens is 3. The molecule has 0 aliphatic heterocycles. The third kappa shape index (κ3) is 1.75. The van der Waals surface area contributed by atoms with Crippen molar-refractivity contribution in [2.24, 2.45) is 11.8 Å². The van der Waals surface area contributed by atoms with Crippen molar-refractivity contribution in [3.05, 3.63) is 0 Å². The normalized spacial score (nSPS) is 42.0. The van der Waals surface area contributed by atoms with E-state index in [2.05, 4.69) is 15.9 Å². The monoisotopic (exact) mass is 256 g/mol. The minimum absolute atomic E-state index is 0.356. The molecule has 1 saturated carbocycles. The van der Waals surface area contributed by atoms with Crippen molar-refractivity contribution >= 4 is 15.9 Å². The molecule has 0 radical (unpaired) electrons. The molecule has 0 saturated heterocycles. The van der Waals surface area contributed by atoms with Crippen molar-refractivity contribution in [3.63, 3.8) is 0 Å². The van der Waals surface area contributed by atoms with Crippen LogP contribution in [0.4, 0.5) is 8.78 Å². The minimum atomic E-state index is -3.18. The van der Waals surface area contributed by atoms with Crippen LogP contribution in [0, 0.1) is 11.8 Å². The Morgan fingerprint density at radius 1 is 1.31 bits per heavy atom. The zero-order chi connectivity index (χ0) is 10.3. The van der Waals surface area contributed by atoms with Crippen LogP contribution < -0.4 is 0 Å². The van der Waals surface area contributed by atoms with E-state index in [4.69, 9.17) is 0 Å². The molecule has 0 aromatic rings. The maximum Gasteiger partial charge on any atom is 0.329 e. The third-order valence-electron chi connectivity index (χ3n) is 3.23. The second-order valence-electron chi connectivity index (χ2n) is 4.06. The molecule has 1 nitrogen and oxygen atoms in total. The van der Waals surface area contributed by atoms with Crippen molar-refractivity contribution in [2.45, 2.75) is 43.5 Å². The fraction of sp³-hybridized carbons (Fsp3) is 1.00. The number of rotatable bonds is 1. The average Bonchev–Trinajstić information content (AvgIpc) is 1.97. The maximum absolute atomic E-state index is 13.2. The first-order chi connectivity index (χ1) is 5.80. The quantitative estimate of drug-likeness (QED) is 0.715. The van der Waals surface area contributed by atoms with Crippen LogP contribution in [0.15, 0.2) is 0 Å². The van der Waals surface area contributed by atoms with Gasteiger partial charge in [0, 0.05) is 0 Å². The minimum Gasteiger partial charge on any atom is -0.382 e. The van der Waals surface area contributed by atoms with Gasteiger partial charge in [-0.15, -0.1) is 0 Å². The van der Waals surface area contributed by atoms with Crippen LogP contribution in [0.3, 0.4) is 0 Å². The Bertz CT molecular complexity index is 181. The third-order valence-corrected chi connectivity index (χ3v) is 3.87. The van der Waals surface area contributed by atoms with E-state index in [0.29, 0.717) is 12.8 Å². The molecule has 0 heterocycles. The van der Waals surface area contributed by atoms with E-state index in [-0.39, 0.29) is 11.8 Å². The summed E-state index contributed by atoms with van der Waals surface area (Å²) < 4.78 is 26.3. The zero-order valence-corrected chi connectivity index (χ0v) is 9.44. The molecule has 0 aromatic carbocycles. The Morgan fingerprint density at radius 3 is 1.92 bits per heavy atom. The summed E-state index contributed by atoms with van der Waals surface area (Å²) in [6, 6.07) is 0. The predicted molar refractivity (Wildman–Crippen MR) is 51.0 cm³/mol. The molecular formula is C9H15BrF2O. The van der Waals surface area contributed by atoms with Gasteiger partial charge in [-0.1, -0.05) is 20.3 Å². The lowest BCUT2D eigenvalue weighted by atomic mass is 9.70. The van der Waals surface area contributed by atoms with Crippen molar-refractivity contribution in [2.75, 3.05) is 0 Å². The van der Waals surface area contributed by atoms with Gasteiger partial charge in [-0.05, 0) is 40.6 Å². The second kappa shape index (κ2) is 3.46. The highest BCUT2D eigenvalue weighted by atomic mass is 79.9. The van der Waals surface area contributed by atoms with E-state index >= 15 is 0 Å². The summed E-state index contributed by atoms with van der Waals surface area (Å²) in [5.41, 5.74) is -1.88. The Kier molecular flexibility index (Phi) is 3.03. The molecule has 1 N–H and O–H groups in total. The summed E-state index contributed by atoms with van der Waals surface area (Å²) in [5.74, 6) is -0.712. The highest BCUT2D eigenvalue weighted by molar-refractivity contribution is 9.10. The van der Waals surface area contributed by atoms with Gasteiger partial charge in [0.1, 0.15) is 5.60 Å². The first kappa shape index (κ1) is 11.4. The van der Waals surface area contributed by atoms with Crippen molar-refractivity contribution < 1.29 is 13.9 Å². The predicted octanol–water partition coefficient (Wildman–Crippen LogP) is 3.16. The molecule has 0 bridgehead atoms. The largest absolute Gasteiger partial charge is 0.382 e. The topological polar surface area (TPSA) is 20.2 Å². The summed E-state index contributed by atoms with van der Waals surface area (Å²) in [6.45, 7) is 3.37. The molecule has 2 atom stereocenters. The maximum atomic E-state index is 13.2. The van der Waals surface area contributed by atoms with E-state index in [1.54, 1.807) is 13.8 Å². The van der Waals surface area contributed by atoms with Crippen LogP contribution >= 0.6 is 15.9 Å². The molecule has 0 spiro atoms. The Labute approximate surface area is 85.6 Å². The molecule has 1 aliphatic rings. The molecule has 1 aliphatic carbocycles. The molecule has 0 aromatic heterocycles. The molecule has 4 heteroatoms. The van der Waals surface area contributed by atoms with Gasteiger partial charge in [-0.2, -0.15) is 8.78 Å². The number of alkyl halides is 3. The lowest BCUT2D eigenvalue weighted by molar-refractivity contribution is -0.189. The molecule has 1 rings (SSSR count). The highest BCUT2D eigenvalue weighted by Crippen LogP contribution is 2.50. The highest BCUT2D eigenvalue weighted by Gasteiger charge is 2.58. The summed E-state index contributed by atoms with van der Waals surface area (Å²) in [7, 11) is 0. The van der Waals surface area contributed by atoms with Gasteiger partial charge in [-0.25, -0.2) is 0 Å². The van der Waals surface area contributed by atoms with E-state index < -0.39 is 10.4 Å². The van der Waals surface area contributed by atoms with Crippen molar-refractivity contribution in [1.29, 1.82) is 0 Å². The number of hydrogen-bond acceptors (Lipinski definition) is 1. The molecule has 78 valence electrons. The van der Waals surface area contributed by atoms with Crippen LogP contribution in [-0.2, 0) is 0 Å². The lowest BCUT2D eigenvalue weighted by Crippen LogP contribution is -2.56. The van der Waals surface area contributed by atoms with E-state index in [1.165, 1.54) is 0 Å². The molecule has 0 amide bonds. The SMILES string of the molecule is CC1CCCC(C)C1(O)C(F)(F)Br. The Hall–Kier alpha value is 0.300. The van der Waals surface area contributed by atoms with E-state index in [0.717, 1.165) is 6.42 Å². The Morgan fingerprint density at radius 2 is 1.69 bits per heavy atom. The summed E-state index contributed by atoms with van der Waals surface area (Å²) in [6.07, 6.45) is 2.26. The fourth-order valence-electron chi connectivity index (χ4n) is 2.21. The smallest absolute Gasteiger partial charge is 0.329 e. The van der Waals surface area contributed by atoms with Gasteiger partial charge in [-0.3, -0.25) is 0 Å². The van der Waals surface area contributed by atoms with Gasteiger partial charge in [0.15, 0.2) is 0 Å². The van der Waals surface area contributed by atoms with E-state index in [9.17, 15) is 13.9 Å². The van der Waals surface area contributed by atoms with Gasteiger partial charge in [0.2, 0.25) is 0 Å². The average molecular weight is 257 g/mol. The van der Waals surface area contributed by atoms with Gasteiger partial charge >= 0.3 is 4.83 Å².